The summed E-state index contributed by atoms with van der Waals surface area (Å²) >= 11 is 14.3. The Morgan fingerprint density at radius 1 is 1.21 bits per heavy atom. The van der Waals surface area contributed by atoms with Gasteiger partial charge in [-0.1, -0.05) is 11.6 Å². The van der Waals surface area contributed by atoms with Crippen LogP contribution in [0.15, 0.2) is 33.1 Å². The van der Waals surface area contributed by atoms with Crippen LogP contribution in [-0.2, 0) is 0 Å². The van der Waals surface area contributed by atoms with E-state index in [4.69, 9.17) is 20.4 Å². The molecule has 2 heterocycles. The Morgan fingerprint density at radius 2 is 2.05 bits per heavy atom. The van der Waals surface area contributed by atoms with E-state index in [1.165, 1.54) is 0 Å². The van der Waals surface area contributed by atoms with Crippen LogP contribution in [0, 0.1) is 0 Å². The summed E-state index contributed by atoms with van der Waals surface area (Å²) < 4.78 is 11.1. The third kappa shape index (κ3) is 2.48. The minimum atomic E-state index is -0.191. The van der Waals surface area contributed by atoms with Crippen LogP contribution in [0.3, 0.4) is 0 Å². The number of aromatic nitrogens is 2. The summed E-state index contributed by atoms with van der Waals surface area (Å²) in [6, 6.07) is 7.19. The maximum absolute atomic E-state index is 5.93. The minimum absolute atomic E-state index is 0.191. The fourth-order valence-electron chi connectivity index (χ4n) is 1.67. The second-order valence-corrected chi connectivity index (χ2v) is 5.36. The molecular weight excluding hydrogens is 304 g/mol. The molecule has 3 rings (SSSR count). The van der Waals surface area contributed by atoms with Gasteiger partial charge in [-0.2, -0.15) is 25.3 Å². The van der Waals surface area contributed by atoms with Gasteiger partial charge in [0.05, 0.1) is 5.25 Å². The zero-order chi connectivity index (χ0) is 13.4. The van der Waals surface area contributed by atoms with E-state index in [1.54, 1.807) is 12.1 Å². The Labute approximate surface area is 125 Å². The van der Waals surface area contributed by atoms with Crippen LogP contribution in [0.25, 0.3) is 22.6 Å². The monoisotopic (exact) mass is 312 g/mol. The van der Waals surface area contributed by atoms with Crippen molar-refractivity contribution in [1.82, 2.24) is 10.2 Å². The molecule has 0 saturated carbocycles. The van der Waals surface area contributed by atoms with Crippen molar-refractivity contribution in [3.8, 4) is 11.7 Å². The molecule has 0 amide bonds. The molecule has 0 bridgehead atoms. The number of thiol groups is 2. The van der Waals surface area contributed by atoms with Crippen LogP contribution < -0.4 is 0 Å². The molecule has 0 fully saturated rings. The summed E-state index contributed by atoms with van der Waals surface area (Å²) in [6.07, 6.45) is 0. The molecule has 2 aromatic heterocycles. The van der Waals surface area contributed by atoms with E-state index in [9.17, 15) is 0 Å². The number of halogens is 1. The van der Waals surface area contributed by atoms with E-state index in [1.807, 2.05) is 12.1 Å². The molecule has 19 heavy (non-hydrogen) atoms. The highest BCUT2D eigenvalue weighted by atomic mass is 35.5. The topological polar surface area (TPSA) is 52.1 Å². The third-order valence-corrected chi connectivity index (χ3v) is 3.88. The van der Waals surface area contributed by atoms with Crippen molar-refractivity contribution in [2.24, 2.45) is 0 Å². The second-order valence-electron chi connectivity index (χ2n) is 3.94. The predicted octanol–water partition coefficient (Wildman–Crippen LogP) is 4.04. The van der Waals surface area contributed by atoms with Gasteiger partial charge >= 0.3 is 0 Å². The predicted molar refractivity (Wildman–Crippen MR) is 80.1 cm³/mol. The van der Waals surface area contributed by atoms with Gasteiger partial charge in [0.25, 0.3) is 5.89 Å². The second kappa shape index (κ2) is 5.11. The Balaban J connectivity index is 2.01. The van der Waals surface area contributed by atoms with Crippen LogP contribution in [0.4, 0.5) is 0 Å². The Bertz CT molecular complexity index is 725. The van der Waals surface area contributed by atoms with E-state index in [-0.39, 0.29) is 5.25 Å². The normalized spacial score (nSPS) is 13.0. The highest BCUT2D eigenvalue weighted by Gasteiger charge is 2.17. The molecule has 7 heteroatoms. The number of furan rings is 1. The molecule has 0 aliphatic rings. The van der Waals surface area contributed by atoms with Gasteiger partial charge < -0.3 is 8.83 Å². The van der Waals surface area contributed by atoms with Gasteiger partial charge in [0.2, 0.25) is 5.89 Å². The molecule has 0 radical (unpaired) electrons. The molecular formula is C12H9ClN2O2S2. The summed E-state index contributed by atoms with van der Waals surface area (Å²) in [5.74, 6) is 1.77. The van der Waals surface area contributed by atoms with E-state index in [2.05, 4.69) is 35.5 Å². The van der Waals surface area contributed by atoms with Crippen LogP contribution in [0.1, 0.15) is 11.1 Å². The fourth-order valence-corrected chi connectivity index (χ4v) is 2.11. The smallest absolute Gasteiger partial charge is 0.283 e. The molecule has 3 aromatic rings. The van der Waals surface area contributed by atoms with Gasteiger partial charge in [0.1, 0.15) is 5.58 Å². The highest BCUT2D eigenvalue weighted by Crippen LogP contribution is 2.30. The number of nitrogens with zero attached hydrogens (tertiary/aromatic N) is 2. The molecule has 98 valence electrons. The first kappa shape index (κ1) is 12.9. The van der Waals surface area contributed by atoms with Crippen molar-refractivity contribution in [3.05, 3.63) is 35.2 Å². The van der Waals surface area contributed by atoms with Gasteiger partial charge in [-0.05, 0) is 24.3 Å². The van der Waals surface area contributed by atoms with Crippen molar-refractivity contribution in [3.63, 3.8) is 0 Å². The van der Waals surface area contributed by atoms with E-state index >= 15 is 0 Å². The first-order chi connectivity index (χ1) is 9.17. The highest BCUT2D eigenvalue weighted by molar-refractivity contribution is 7.84. The summed E-state index contributed by atoms with van der Waals surface area (Å²) in [6.45, 7) is 0. The zero-order valence-corrected chi connectivity index (χ0v) is 12.1. The molecule has 0 N–H and O–H groups in total. The summed E-state index contributed by atoms with van der Waals surface area (Å²) in [4.78, 5) is 0. The summed E-state index contributed by atoms with van der Waals surface area (Å²) in [7, 11) is 0. The van der Waals surface area contributed by atoms with Crippen molar-refractivity contribution >= 4 is 47.8 Å². The Kier molecular flexibility index (Phi) is 3.47. The van der Waals surface area contributed by atoms with Gasteiger partial charge in [-0.3, -0.25) is 0 Å². The molecule has 0 aliphatic carbocycles. The number of hydrogen-bond donors (Lipinski definition) is 2. The summed E-state index contributed by atoms with van der Waals surface area (Å²) in [5, 5.41) is 9.22. The largest absolute Gasteiger partial charge is 0.451 e. The van der Waals surface area contributed by atoms with E-state index < -0.39 is 0 Å². The standard InChI is InChI=1S/C12H9ClN2O2S2/c13-7-1-2-8-6(3-7)4-9(16-8)11-14-15-12(17-11)10(19)5-18/h1-4,10,18-19H,5H2. The average molecular weight is 313 g/mol. The third-order valence-electron chi connectivity index (χ3n) is 2.59. The van der Waals surface area contributed by atoms with Gasteiger partial charge in [-0.25, -0.2) is 0 Å². The fraction of sp³-hybridized carbons (Fsp3) is 0.167. The van der Waals surface area contributed by atoms with E-state index in [0.717, 1.165) is 11.0 Å². The first-order valence-electron chi connectivity index (χ1n) is 5.49. The number of fused-ring (bicyclic) bond motifs is 1. The lowest BCUT2D eigenvalue weighted by Crippen LogP contribution is -1.91. The van der Waals surface area contributed by atoms with Crippen LogP contribution >= 0.6 is 36.9 Å². The van der Waals surface area contributed by atoms with Crippen molar-refractivity contribution in [1.29, 1.82) is 0 Å². The zero-order valence-electron chi connectivity index (χ0n) is 9.58. The van der Waals surface area contributed by atoms with Crippen LogP contribution in [0.2, 0.25) is 5.02 Å². The quantitative estimate of drug-likeness (QED) is 0.717. The molecule has 1 unspecified atom stereocenters. The maximum atomic E-state index is 5.93. The van der Waals surface area contributed by atoms with Gasteiger partial charge in [0, 0.05) is 16.2 Å². The minimum Gasteiger partial charge on any atom is -0.451 e. The van der Waals surface area contributed by atoms with Crippen molar-refractivity contribution in [2.45, 2.75) is 5.25 Å². The number of rotatable bonds is 3. The maximum Gasteiger partial charge on any atom is 0.283 e. The molecule has 1 aromatic carbocycles. The van der Waals surface area contributed by atoms with Gasteiger partial charge in [-0.15, -0.1) is 10.2 Å². The Morgan fingerprint density at radius 3 is 2.84 bits per heavy atom. The average Bonchev–Trinajstić information content (AvgIpc) is 3.03. The SMILES string of the molecule is SCC(S)c1nnc(-c2cc3cc(Cl)ccc3o2)o1. The lowest BCUT2D eigenvalue weighted by molar-refractivity contribution is 0.491. The first-order valence-corrected chi connectivity index (χ1v) is 7.02. The number of hydrogen-bond acceptors (Lipinski definition) is 6. The summed E-state index contributed by atoms with van der Waals surface area (Å²) in [5.41, 5.74) is 0.718. The van der Waals surface area contributed by atoms with Crippen molar-refractivity contribution in [2.75, 3.05) is 5.75 Å². The lowest BCUT2D eigenvalue weighted by atomic mass is 10.2. The molecule has 0 spiro atoms. The van der Waals surface area contributed by atoms with E-state index in [0.29, 0.717) is 28.3 Å². The number of benzene rings is 1. The molecule has 0 aliphatic heterocycles. The Hall–Kier alpha value is -1.11. The van der Waals surface area contributed by atoms with Crippen LogP contribution in [0.5, 0.6) is 0 Å². The lowest BCUT2D eigenvalue weighted by Gasteiger charge is -1.97. The molecule has 4 nitrogen and oxygen atoms in total. The van der Waals surface area contributed by atoms with Crippen LogP contribution in [-0.4, -0.2) is 16.0 Å². The molecule has 1 atom stereocenters. The molecule has 0 saturated heterocycles. The van der Waals surface area contributed by atoms with Crippen molar-refractivity contribution < 1.29 is 8.83 Å². The van der Waals surface area contributed by atoms with Gasteiger partial charge in [0.15, 0.2) is 5.76 Å².